The third-order valence-electron chi connectivity index (χ3n) is 2.52. The molecule has 1 aromatic heterocycles. The third-order valence-corrected chi connectivity index (χ3v) is 2.52. The van der Waals surface area contributed by atoms with Crippen LogP contribution in [0.15, 0.2) is 39.5 Å². The number of hydrogen-bond donors (Lipinski definition) is 1. The van der Waals surface area contributed by atoms with Crippen molar-refractivity contribution in [3.63, 3.8) is 0 Å². The number of amides is 1. The Balaban J connectivity index is 2.38. The van der Waals surface area contributed by atoms with Crippen molar-refractivity contribution in [1.29, 1.82) is 0 Å². The summed E-state index contributed by atoms with van der Waals surface area (Å²) in [7, 11) is 0. The van der Waals surface area contributed by atoms with E-state index in [0.29, 0.717) is 5.39 Å². The van der Waals surface area contributed by atoms with E-state index in [4.69, 9.17) is 14.9 Å². The second kappa shape index (κ2) is 4.93. The molecule has 2 N–H and O–H groups in total. The molecule has 0 fully saturated rings. The number of benzene rings is 1. The number of primary amides is 1. The number of fused-ring (bicyclic) bond motifs is 1. The molecule has 19 heavy (non-hydrogen) atoms. The van der Waals surface area contributed by atoms with E-state index in [0.717, 1.165) is 6.07 Å². The summed E-state index contributed by atoms with van der Waals surface area (Å²) in [5, 5.41) is 0.363. The molecule has 0 aliphatic heterocycles. The summed E-state index contributed by atoms with van der Waals surface area (Å²) in [5.74, 6) is -1.96. The Morgan fingerprint density at radius 1 is 1.32 bits per heavy atom. The number of para-hydroxylation sites is 1. The summed E-state index contributed by atoms with van der Waals surface area (Å²) in [4.78, 5) is 34.3. The van der Waals surface area contributed by atoms with Gasteiger partial charge < -0.3 is 14.9 Å². The number of carbonyl (C=O) groups is 2. The molecule has 98 valence electrons. The van der Waals surface area contributed by atoms with Crippen LogP contribution in [0.25, 0.3) is 11.0 Å². The average Bonchev–Trinajstić information content (AvgIpc) is 2.38. The minimum Gasteiger partial charge on any atom is -0.449 e. The van der Waals surface area contributed by atoms with Crippen molar-refractivity contribution in [2.75, 3.05) is 0 Å². The minimum atomic E-state index is -1.09. The lowest BCUT2D eigenvalue weighted by Gasteiger charge is -2.08. The number of nitrogens with two attached hydrogens (primary N) is 1. The van der Waals surface area contributed by atoms with Crippen LogP contribution in [0.5, 0.6) is 0 Å². The summed E-state index contributed by atoms with van der Waals surface area (Å²) >= 11 is 0. The Labute approximate surface area is 107 Å². The molecular formula is C13H11NO5. The molecule has 1 aromatic carbocycles. The van der Waals surface area contributed by atoms with E-state index in [2.05, 4.69) is 0 Å². The van der Waals surface area contributed by atoms with Crippen molar-refractivity contribution < 1.29 is 18.7 Å². The Bertz CT molecular complexity index is 703. The summed E-state index contributed by atoms with van der Waals surface area (Å²) in [5.41, 5.74) is 4.89. The molecule has 2 rings (SSSR count). The molecule has 6 nitrogen and oxygen atoms in total. The molecule has 1 amide bonds. The van der Waals surface area contributed by atoms with E-state index in [9.17, 15) is 14.4 Å². The number of rotatable bonds is 3. The highest BCUT2D eigenvalue weighted by molar-refractivity contribution is 5.91. The molecule has 0 spiro atoms. The molecule has 2 aromatic rings. The van der Waals surface area contributed by atoms with Crippen molar-refractivity contribution in [3.05, 3.63) is 46.3 Å². The molecule has 0 saturated carbocycles. The Hall–Kier alpha value is -2.63. The standard InChI is InChI=1S/C13H11NO5/c1-7(12(14)16)18-13(17)11-6-9(15)8-4-2-3-5-10(8)19-11/h2-7H,1H3,(H2,14,16). The minimum absolute atomic E-state index is 0.267. The van der Waals surface area contributed by atoms with Crippen molar-refractivity contribution in [2.24, 2.45) is 5.73 Å². The highest BCUT2D eigenvalue weighted by Crippen LogP contribution is 2.12. The molecule has 1 heterocycles. The summed E-state index contributed by atoms with van der Waals surface area (Å²) in [6.07, 6.45) is -1.09. The van der Waals surface area contributed by atoms with Gasteiger partial charge in [0.15, 0.2) is 11.5 Å². The first kappa shape index (κ1) is 12.8. The average molecular weight is 261 g/mol. The lowest BCUT2D eigenvalue weighted by atomic mass is 10.2. The van der Waals surface area contributed by atoms with Crippen LogP contribution in [-0.2, 0) is 9.53 Å². The van der Waals surface area contributed by atoms with Gasteiger partial charge in [0, 0.05) is 6.07 Å². The van der Waals surface area contributed by atoms with Crippen LogP contribution >= 0.6 is 0 Å². The zero-order chi connectivity index (χ0) is 14.0. The SMILES string of the molecule is CC(OC(=O)c1cc(=O)c2ccccc2o1)C(N)=O. The van der Waals surface area contributed by atoms with Crippen molar-refractivity contribution in [3.8, 4) is 0 Å². The van der Waals surface area contributed by atoms with Gasteiger partial charge in [0.05, 0.1) is 5.39 Å². The predicted molar refractivity (Wildman–Crippen MR) is 66.6 cm³/mol. The molecule has 0 aliphatic rings. The summed E-state index contributed by atoms with van der Waals surface area (Å²) < 4.78 is 10.0. The molecule has 0 saturated heterocycles. The maximum Gasteiger partial charge on any atom is 0.375 e. The van der Waals surface area contributed by atoms with Crippen LogP contribution in [-0.4, -0.2) is 18.0 Å². The van der Waals surface area contributed by atoms with Gasteiger partial charge in [-0.15, -0.1) is 0 Å². The highest BCUT2D eigenvalue weighted by Gasteiger charge is 2.19. The lowest BCUT2D eigenvalue weighted by Crippen LogP contribution is -2.30. The van der Waals surface area contributed by atoms with Gasteiger partial charge in [-0.1, -0.05) is 12.1 Å². The van der Waals surface area contributed by atoms with E-state index in [1.165, 1.54) is 6.92 Å². The zero-order valence-corrected chi connectivity index (χ0v) is 10.1. The van der Waals surface area contributed by atoms with Crippen molar-refractivity contribution in [2.45, 2.75) is 13.0 Å². The van der Waals surface area contributed by atoms with Gasteiger partial charge in [-0.3, -0.25) is 9.59 Å². The quantitative estimate of drug-likeness (QED) is 0.824. The Morgan fingerprint density at radius 3 is 2.68 bits per heavy atom. The van der Waals surface area contributed by atoms with E-state index in [1.807, 2.05) is 0 Å². The predicted octanol–water partition coefficient (Wildman–Crippen LogP) is 0.824. The van der Waals surface area contributed by atoms with Crippen LogP contribution in [0, 0.1) is 0 Å². The van der Waals surface area contributed by atoms with Crippen molar-refractivity contribution in [1.82, 2.24) is 0 Å². The molecular weight excluding hydrogens is 250 g/mol. The van der Waals surface area contributed by atoms with Gasteiger partial charge in [0.1, 0.15) is 5.58 Å². The molecule has 0 aliphatic carbocycles. The first-order chi connectivity index (χ1) is 8.99. The third kappa shape index (κ3) is 2.62. The van der Waals surface area contributed by atoms with Gasteiger partial charge in [-0.25, -0.2) is 4.79 Å². The maximum atomic E-state index is 11.8. The number of hydrogen-bond acceptors (Lipinski definition) is 5. The van der Waals surface area contributed by atoms with Crippen LogP contribution < -0.4 is 11.2 Å². The van der Waals surface area contributed by atoms with E-state index in [-0.39, 0.29) is 16.8 Å². The normalized spacial score (nSPS) is 12.1. The second-order valence-electron chi connectivity index (χ2n) is 3.92. The number of esters is 1. The maximum absolute atomic E-state index is 11.8. The summed E-state index contributed by atoms with van der Waals surface area (Å²) in [6.45, 7) is 1.33. The second-order valence-corrected chi connectivity index (χ2v) is 3.92. The van der Waals surface area contributed by atoms with E-state index < -0.39 is 18.0 Å². The molecule has 1 atom stereocenters. The summed E-state index contributed by atoms with van der Waals surface area (Å²) in [6, 6.07) is 7.53. The van der Waals surface area contributed by atoms with Crippen molar-refractivity contribution >= 4 is 22.8 Å². The van der Waals surface area contributed by atoms with Gasteiger partial charge >= 0.3 is 5.97 Å². The lowest BCUT2D eigenvalue weighted by molar-refractivity contribution is -0.125. The fraction of sp³-hybridized carbons (Fsp3) is 0.154. The fourth-order valence-corrected chi connectivity index (χ4v) is 1.48. The zero-order valence-electron chi connectivity index (χ0n) is 10.1. The molecule has 0 radical (unpaired) electrons. The van der Waals surface area contributed by atoms with Gasteiger partial charge in [0.2, 0.25) is 5.76 Å². The molecule has 6 heteroatoms. The largest absolute Gasteiger partial charge is 0.449 e. The molecule has 0 bridgehead atoms. The van der Waals surface area contributed by atoms with E-state index >= 15 is 0 Å². The van der Waals surface area contributed by atoms with Crippen LogP contribution in [0.2, 0.25) is 0 Å². The first-order valence-electron chi connectivity index (χ1n) is 5.52. The van der Waals surface area contributed by atoms with Crippen LogP contribution in [0.3, 0.4) is 0 Å². The smallest absolute Gasteiger partial charge is 0.375 e. The fourth-order valence-electron chi connectivity index (χ4n) is 1.48. The number of ether oxygens (including phenoxy) is 1. The Kier molecular flexibility index (Phi) is 3.33. The van der Waals surface area contributed by atoms with Gasteiger partial charge in [0.25, 0.3) is 5.91 Å². The van der Waals surface area contributed by atoms with E-state index in [1.54, 1.807) is 24.3 Å². The first-order valence-corrected chi connectivity index (χ1v) is 5.52. The van der Waals surface area contributed by atoms with Crippen LogP contribution in [0.4, 0.5) is 0 Å². The van der Waals surface area contributed by atoms with Gasteiger partial charge in [-0.2, -0.15) is 0 Å². The van der Waals surface area contributed by atoms with Crippen LogP contribution in [0.1, 0.15) is 17.5 Å². The monoisotopic (exact) mass is 261 g/mol. The van der Waals surface area contributed by atoms with Gasteiger partial charge in [-0.05, 0) is 19.1 Å². The Morgan fingerprint density at radius 2 is 2.00 bits per heavy atom. The highest BCUT2D eigenvalue weighted by atomic mass is 16.6. The molecule has 1 unspecified atom stereocenters. The number of carbonyl (C=O) groups excluding carboxylic acids is 2. The topological polar surface area (TPSA) is 99.6 Å².